The van der Waals surface area contributed by atoms with E-state index in [0.717, 1.165) is 10.0 Å². The summed E-state index contributed by atoms with van der Waals surface area (Å²) >= 11 is 3.23. The van der Waals surface area contributed by atoms with Crippen molar-refractivity contribution in [3.05, 3.63) is 52.3 Å². The molecule has 110 valence electrons. The molecule has 0 aliphatic heterocycles. The Morgan fingerprint density at radius 3 is 2.52 bits per heavy atom. The molecule has 0 bridgehead atoms. The Balaban J connectivity index is 1.93. The van der Waals surface area contributed by atoms with Gasteiger partial charge in [-0.1, -0.05) is 17.7 Å². The van der Waals surface area contributed by atoms with E-state index in [1.54, 1.807) is 24.4 Å². The fourth-order valence-corrected chi connectivity index (χ4v) is 1.99. The van der Waals surface area contributed by atoms with Gasteiger partial charge in [0.25, 0.3) is 5.91 Å². The number of esters is 1. The third kappa shape index (κ3) is 4.19. The molecule has 21 heavy (non-hydrogen) atoms. The van der Waals surface area contributed by atoms with E-state index in [-0.39, 0.29) is 11.6 Å². The van der Waals surface area contributed by atoms with Gasteiger partial charge in [0.1, 0.15) is 5.69 Å². The first kappa shape index (κ1) is 15.3. The van der Waals surface area contributed by atoms with Crippen LogP contribution < -0.4 is 5.32 Å². The van der Waals surface area contributed by atoms with Gasteiger partial charge in [-0.2, -0.15) is 0 Å². The maximum atomic E-state index is 12.0. The van der Waals surface area contributed by atoms with Gasteiger partial charge < -0.3 is 15.0 Å². The molecule has 5 nitrogen and oxygen atoms in total. The minimum atomic E-state index is -0.888. The number of halogens is 1. The smallest absolute Gasteiger partial charge is 0.355 e. The molecule has 0 saturated heterocycles. The summed E-state index contributed by atoms with van der Waals surface area (Å²) < 4.78 is 5.85. The van der Waals surface area contributed by atoms with Gasteiger partial charge in [-0.15, -0.1) is 0 Å². The predicted octanol–water partition coefficient (Wildman–Crippen LogP) is 3.27. The topological polar surface area (TPSA) is 71.2 Å². The summed E-state index contributed by atoms with van der Waals surface area (Å²) in [5.74, 6) is -0.954. The number of carbonyl (C=O) groups is 2. The number of carbonyl (C=O) groups excluding carboxylic acids is 2. The number of rotatable bonds is 4. The molecular weight excluding hydrogens is 336 g/mol. The molecule has 1 aromatic carbocycles. The van der Waals surface area contributed by atoms with E-state index in [1.807, 2.05) is 19.1 Å². The van der Waals surface area contributed by atoms with Crippen molar-refractivity contribution in [2.75, 3.05) is 5.32 Å². The van der Waals surface area contributed by atoms with E-state index in [1.165, 1.54) is 6.92 Å². The third-order valence-corrected chi connectivity index (χ3v) is 3.30. The monoisotopic (exact) mass is 350 g/mol. The Kier molecular flexibility index (Phi) is 4.80. The van der Waals surface area contributed by atoms with Crippen LogP contribution in [0.1, 0.15) is 23.0 Å². The Morgan fingerprint density at radius 1 is 1.29 bits per heavy atom. The molecule has 1 amide bonds. The van der Waals surface area contributed by atoms with E-state index < -0.39 is 12.1 Å². The highest BCUT2D eigenvalue weighted by atomic mass is 79.9. The van der Waals surface area contributed by atoms with Crippen LogP contribution in [0.25, 0.3) is 0 Å². The molecule has 1 aromatic heterocycles. The van der Waals surface area contributed by atoms with E-state index in [9.17, 15) is 9.59 Å². The molecule has 0 aliphatic carbocycles. The van der Waals surface area contributed by atoms with Gasteiger partial charge in [0.15, 0.2) is 6.10 Å². The molecule has 1 heterocycles. The number of amides is 1. The van der Waals surface area contributed by atoms with Gasteiger partial charge in [-0.3, -0.25) is 4.79 Å². The standard InChI is InChI=1S/C15H15BrN2O3/c1-9-3-5-12(6-4-9)18-14(19)10(2)21-15(20)13-7-11(16)8-17-13/h3-8,10,17H,1-2H3,(H,18,19)/t10-/m0/s1. The Hall–Kier alpha value is -2.08. The number of ether oxygens (including phenoxy) is 1. The highest BCUT2D eigenvalue weighted by Crippen LogP contribution is 2.13. The predicted molar refractivity (Wildman–Crippen MR) is 83.2 cm³/mol. The van der Waals surface area contributed by atoms with Crippen LogP contribution in [0.3, 0.4) is 0 Å². The fraction of sp³-hybridized carbons (Fsp3) is 0.200. The zero-order valence-corrected chi connectivity index (χ0v) is 13.2. The summed E-state index contributed by atoms with van der Waals surface area (Å²) in [6, 6.07) is 8.96. The molecule has 0 saturated carbocycles. The second kappa shape index (κ2) is 6.58. The van der Waals surface area contributed by atoms with Crippen molar-refractivity contribution in [3.8, 4) is 0 Å². The first-order valence-electron chi connectivity index (χ1n) is 6.38. The second-order valence-electron chi connectivity index (χ2n) is 4.63. The van der Waals surface area contributed by atoms with Crippen LogP contribution in [0.2, 0.25) is 0 Å². The van der Waals surface area contributed by atoms with Crippen LogP contribution in [0.5, 0.6) is 0 Å². The number of hydrogen-bond donors (Lipinski definition) is 2. The summed E-state index contributed by atoms with van der Waals surface area (Å²) in [4.78, 5) is 26.5. The van der Waals surface area contributed by atoms with Gasteiger partial charge in [-0.25, -0.2) is 4.79 Å². The molecule has 0 fully saturated rings. The molecule has 0 unspecified atom stereocenters. The second-order valence-corrected chi connectivity index (χ2v) is 5.55. The number of nitrogens with one attached hydrogen (secondary N) is 2. The van der Waals surface area contributed by atoms with E-state index in [4.69, 9.17) is 4.74 Å². The van der Waals surface area contributed by atoms with Crippen molar-refractivity contribution in [1.29, 1.82) is 0 Å². The molecule has 2 N–H and O–H groups in total. The zero-order valence-electron chi connectivity index (χ0n) is 11.6. The number of aryl methyl sites for hydroxylation is 1. The summed E-state index contributed by atoms with van der Waals surface area (Å²) in [6.45, 7) is 3.49. The lowest BCUT2D eigenvalue weighted by Crippen LogP contribution is -2.30. The number of anilines is 1. The van der Waals surface area contributed by atoms with Gasteiger partial charge in [-0.05, 0) is 48.0 Å². The van der Waals surface area contributed by atoms with Crippen LogP contribution in [-0.2, 0) is 9.53 Å². The van der Waals surface area contributed by atoms with Gasteiger partial charge >= 0.3 is 5.97 Å². The maximum Gasteiger partial charge on any atom is 0.355 e. The summed E-state index contributed by atoms with van der Waals surface area (Å²) in [6.07, 6.45) is 0.731. The molecule has 0 radical (unpaired) electrons. The van der Waals surface area contributed by atoms with E-state index in [0.29, 0.717) is 5.69 Å². The first-order chi connectivity index (χ1) is 9.95. The zero-order chi connectivity index (χ0) is 15.4. The van der Waals surface area contributed by atoms with Crippen LogP contribution >= 0.6 is 15.9 Å². The molecule has 6 heteroatoms. The van der Waals surface area contributed by atoms with Gasteiger partial charge in [0.05, 0.1) is 0 Å². The van der Waals surface area contributed by atoms with Crippen LogP contribution in [0.4, 0.5) is 5.69 Å². The minimum Gasteiger partial charge on any atom is -0.448 e. The van der Waals surface area contributed by atoms with Crippen molar-refractivity contribution in [2.24, 2.45) is 0 Å². The average Bonchev–Trinajstić information content (AvgIpc) is 2.88. The Labute approximate surface area is 130 Å². The van der Waals surface area contributed by atoms with E-state index in [2.05, 4.69) is 26.2 Å². The van der Waals surface area contributed by atoms with E-state index >= 15 is 0 Å². The lowest BCUT2D eigenvalue weighted by molar-refractivity contribution is -0.123. The molecule has 0 aliphatic rings. The highest BCUT2D eigenvalue weighted by molar-refractivity contribution is 9.10. The highest BCUT2D eigenvalue weighted by Gasteiger charge is 2.19. The SMILES string of the molecule is Cc1ccc(NC(=O)[C@H](C)OC(=O)c2cc(Br)c[nH]2)cc1. The quantitative estimate of drug-likeness (QED) is 0.831. The third-order valence-electron chi connectivity index (χ3n) is 2.84. The molecule has 1 atom stereocenters. The largest absolute Gasteiger partial charge is 0.448 e. The lowest BCUT2D eigenvalue weighted by atomic mass is 10.2. The lowest BCUT2D eigenvalue weighted by Gasteiger charge is -2.13. The average molecular weight is 351 g/mol. The molecule has 2 rings (SSSR count). The van der Waals surface area contributed by atoms with Crippen LogP contribution in [-0.4, -0.2) is 23.0 Å². The van der Waals surface area contributed by atoms with Crippen molar-refractivity contribution in [2.45, 2.75) is 20.0 Å². The van der Waals surface area contributed by atoms with Crippen molar-refractivity contribution >= 4 is 33.5 Å². The van der Waals surface area contributed by atoms with Crippen molar-refractivity contribution < 1.29 is 14.3 Å². The first-order valence-corrected chi connectivity index (χ1v) is 7.17. The number of H-pyrrole nitrogens is 1. The Bertz CT molecular complexity index is 649. The summed E-state index contributed by atoms with van der Waals surface area (Å²) in [5.41, 5.74) is 2.05. The fourth-order valence-electron chi connectivity index (χ4n) is 1.64. The summed E-state index contributed by atoms with van der Waals surface area (Å²) in [7, 11) is 0. The Morgan fingerprint density at radius 2 is 1.95 bits per heavy atom. The van der Waals surface area contributed by atoms with Crippen LogP contribution in [0.15, 0.2) is 41.0 Å². The summed E-state index contributed by atoms with van der Waals surface area (Å²) in [5, 5.41) is 2.70. The minimum absolute atomic E-state index is 0.289. The van der Waals surface area contributed by atoms with Crippen LogP contribution in [0, 0.1) is 6.92 Å². The number of hydrogen-bond acceptors (Lipinski definition) is 3. The normalized spacial score (nSPS) is 11.8. The number of benzene rings is 1. The number of aromatic amines is 1. The van der Waals surface area contributed by atoms with Gasteiger partial charge in [0, 0.05) is 16.4 Å². The van der Waals surface area contributed by atoms with Gasteiger partial charge in [0.2, 0.25) is 0 Å². The van der Waals surface area contributed by atoms with Crippen molar-refractivity contribution in [3.63, 3.8) is 0 Å². The molecular formula is C15H15BrN2O3. The van der Waals surface area contributed by atoms with Crippen molar-refractivity contribution in [1.82, 2.24) is 4.98 Å². The molecule has 2 aromatic rings. The maximum absolute atomic E-state index is 12.0. The molecule has 0 spiro atoms. The number of aromatic nitrogens is 1.